The minimum Gasteiger partial charge on any atom is -0.480 e. The number of hydrogen-bond acceptors (Lipinski definition) is 3. The van der Waals surface area contributed by atoms with Crippen LogP contribution in [-0.4, -0.2) is 35.0 Å². The zero-order valence-electron chi connectivity index (χ0n) is 11.9. The number of amides is 1. The average Bonchev–Trinajstić information content (AvgIpc) is 2.39. The number of carbonyl (C=O) groups is 1. The molecule has 0 aliphatic rings. The molecule has 0 fully saturated rings. The normalized spacial score (nSPS) is 11.8. The highest BCUT2D eigenvalue weighted by Crippen LogP contribution is 2.23. The second kappa shape index (κ2) is 7.19. The maximum atomic E-state index is 13.7. The summed E-state index contributed by atoms with van der Waals surface area (Å²) in [5.41, 5.74) is 5.52. The summed E-state index contributed by atoms with van der Waals surface area (Å²) in [4.78, 5) is 13.7. The van der Waals surface area contributed by atoms with E-state index in [2.05, 4.69) is 0 Å². The Morgan fingerprint density at radius 3 is 2.55 bits per heavy atom. The van der Waals surface area contributed by atoms with Gasteiger partial charge in [-0.25, -0.2) is 4.39 Å². The first-order valence-corrected chi connectivity index (χ1v) is 6.86. The highest BCUT2D eigenvalue weighted by Gasteiger charge is 2.22. The van der Waals surface area contributed by atoms with Crippen molar-refractivity contribution >= 4 is 23.1 Å². The Labute approximate surface area is 123 Å². The van der Waals surface area contributed by atoms with Gasteiger partial charge in [-0.15, -0.1) is 0 Å². The first kappa shape index (κ1) is 16.4. The predicted molar refractivity (Wildman–Crippen MR) is 80.3 cm³/mol. The number of thiocarbonyl (C=S) groups is 1. The van der Waals surface area contributed by atoms with E-state index in [1.54, 1.807) is 17.9 Å². The summed E-state index contributed by atoms with van der Waals surface area (Å²) < 4.78 is 19.2. The molecule has 110 valence electrons. The molecule has 0 heterocycles. The minimum atomic E-state index is -0.732. The molecule has 6 heteroatoms. The monoisotopic (exact) mass is 298 g/mol. The van der Waals surface area contributed by atoms with Crippen molar-refractivity contribution < 1.29 is 13.9 Å². The van der Waals surface area contributed by atoms with Gasteiger partial charge in [0.25, 0.3) is 5.91 Å². The molecular formula is C14H19FN2O2S. The van der Waals surface area contributed by atoms with Crippen molar-refractivity contribution in [1.29, 1.82) is 0 Å². The Hall–Kier alpha value is -1.69. The van der Waals surface area contributed by atoms with Gasteiger partial charge >= 0.3 is 0 Å². The van der Waals surface area contributed by atoms with Crippen LogP contribution in [0.25, 0.3) is 0 Å². The fourth-order valence-electron chi connectivity index (χ4n) is 1.87. The molecule has 20 heavy (non-hydrogen) atoms. The van der Waals surface area contributed by atoms with Crippen molar-refractivity contribution in [1.82, 2.24) is 4.90 Å². The van der Waals surface area contributed by atoms with Gasteiger partial charge in [-0.2, -0.15) is 0 Å². The zero-order valence-corrected chi connectivity index (χ0v) is 12.7. The average molecular weight is 298 g/mol. The highest BCUT2D eigenvalue weighted by atomic mass is 32.1. The van der Waals surface area contributed by atoms with Crippen molar-refractivity contribution in [2.45, 2.75) is 26.9 Å². The third kappa shape index (κ3) is 3.66. The second-order valence-electron chi connectivity index (χ2n) is 4.25. The number of nitrogens with two attached hydrogens (primary N) is 1. The van der Waals surface area contributed by atoms with Gasteiger partial charge in [0.2, 0.25) is 0 Å². The summed E-state index contributed by atoms with van der Waals surface area (Å²) in [6.07, 6.45) is -0.732. The molecule has 1 rings (SSSR count). The van der Waals surface area contributed by atoms with E-state index in [9.17, 15) is 9.18 Å². The van der Waals surface area contributed by atoms with E-state index in [1.807, 2.05) is 13.8 Å². The van der Waals surface area contributed by atoms with Crippen LogP contribution in [0, 0.1) is 5.82 Å². The molecule has 1 atom stereocenters. The molecule has 4 nitrogen and oxygen atoms in total. The molecule has 1 unspecified atom stereocenters. The van der Waals surface area contributed by atoms with Gasteiger partial charge in [-0.1, -0.05) is 18.3 Å². The standard InChI is InChI=1S/C14H19FN2O2S/c1-4-17(5-2)14(18)9(3)19-11-8-6-7-10(15)12(11)13(16)20/h6-9H,4-5H2,1-3H3,(H2,16,20). The SMILES string of the molecule is CCN(CC)C(=O)C(C)Oc1cccc(F)c1C(N)=S. The molecule has 0 spiro atoms. The van der Waals surface area contributed by atoms with Crippen molar-refractivity contribution in [3.05, 3.63) is 29.6 Å². The van der Waals surface area contributed by atoms with Crippen molar-refractivity contribution in [2.75, 3.05) is 13.1 Å². The van der Waals surface area contributed by atoms with Crippen LogP contribution in [0.3, 0.4) is 0 Å². The molecule has 1 aromatic rings. The largest absolute Gasteiger partial charge is 0.480 e. The van der Waals surface area contributed by atoms with E-state index in [-0.39, 0.29) is 22.2 Å². The van der Waals surface area contributed by atoms with Crippen LogP contribution in [0.15, 0.2) is 18.2 Å². The molecule has 2 N–H and O–H groups in total. The molecule has 1 amide bonds. The van der Waals surface area contributed by atoms with Gasteiger partial charge in [0.1, 0.15) is 16.6 Å². The van der Waals surface area contributed by atoms with Crippen LogP contribution in [0.1, 0.15) is 26.3 Å². The maximum Gasteiger partial charge on any atom is 0.263 e. The summed E-state index contributed by atoms with van der Waals surface area (Å²) in [7, 11) is 0. The Kier molecular flexibility index (Phi) is 5.88. The lowest BCUT2D eigenvalue weighted by Crippen LogP contribution is -2.40. The molecular weight excluding hydrogens is 279 g/mol. The summed E-state index contributed by atoms with van der Waals surface area (Å²) in [6, 6.07) is 4.28. The van der Waals surface area contributed by atoms with Crippen molar-refractivity contribution in [3.63, 3.8) is 0 Å². The first-order chi connectivity index (χ1) is 9.42. The smallest absolute Gasteiger partial charge is 0.263 e. The van der Waals surface area contributed by atoms with Gasteiger partial charge in [-0.05, 0) is 32.9 Å². The van der Waals surface area contributed by atoms with E-state index in [1.165, 1.54) is 12.1 Å². The zero-order chi connectivity index (χ0) is 15.3. The Bertz CT molecular complexity index is 504. The molecule has 0 aromatic heterocycles. The predicted octanol–water partition coefficient (Wildman–Crippen LogP) is 2.10. The summed E-state index contributed by atoms with van der Waals surface area (Å²) in [5.74, 6) is -0.531. The van der Waals surface area contributed by atoms with Crippen LogP contribution in [0.2, 0.25) is 0 Å². The van der Waals surface area contributed by atoms with E-state index in [4.69, 9.17) is 22.7 Å². The Morgan fingerprint density at radius 2 is 2.05 bits per heavy atom. The lowest BCUT2D eigenvalue weighted by molar-refractivity contribution is -0.137. The summed E-state index contributed by atoms with van der Waals surface area (Å²) in [6.45, 7) is 6.57. The summed E-state index contributed by atoms with van der Waals surface area (Å²) >= 11 is 4.82. The third-order valence-electron chi connectivity index (χ3n) is 2.95. The number of carbonyl (C=O) groups excluding carboxylic acids is 1. The van der Waals surface area contributed by atoms with Gasteiger partial charge in [0, 0.05) is 13.1 Å². The van der Waals surface area contributed by atoms with Crippen LogP contribution >= 0.6 is 12.2 Å². The molecule has 0 saturated heterocycles. The summed E-state index contributed by atoms with van der Waals surface area (Å²) in [5, 5.41) is 0. The van der Waals surface area contributed by atoms with Gasteiger partial charge < -0.3 is 15.4 Å². The van der Waals surface area contributed by atoms with Crippen LogP contribution < -0.4 is 10.5 Å². The second-order valence-corrected chi connectivity index (χ2v) is 4.69. The number of likely N-dealkylation sites (N-methyl/N-ethyl adjacent to an activating group) is 1. The van der Waals surface area contributed by atoms with E-state index < -0.39 is 11.9 Å². The number of hydrogen-bond donors (Lipinski definition) is 1. The number of benzene rings is 1. The topological polar surface area (TPSA) is 55.6 Å². The quantitative estimate of drug-likeness (QED) is 0.817. The number of rotatable bonds is 6. The lowest BCUT2D eigenvalue weighted by Gasteiger charge is -2.24. The van der Waals surface area contributed by atoms with Gasteiger partial charge in [0.15, 0.2) is 6.10 Å². The van der Waals surface area contributed by atoms with Crippen LogP contribution in [0.5, 0.6) is 5.75 Å². The molecule has 0 aliphatic heterocycles. The van der Waals surface area contributed by atoms with Crippen molar-refractivity contribution in [2.24, 2.45) is 5.73 Å². The number of halogens is 1. The van der Waals surface area contributed by atoms with E-state index in [0.717, 1.165) is 0 Å². The number of nitrogens with zero attached hydrogens (tertiary/aromatic N) is 1. The van der Waals surface area contributed by atoms with Crippen LogP contribution in [0.4, 0.5) is 4.39 Å². The Morgan fingerprint density at radius 1 is 1.45 bits per heavy atom. The third-order valence-corrected chi connectivity index (χ3v) is 3.15. The van der Waals surface area contributed by atoms with E-state index in [0.29, 0.717) is 13.1 Å². The molecule has 1 aromatic carbocycles. The lowest BCUT2D eigenvalue weighted by atomic mass is 10.2. The fraction of sp³-hybridized carbons (Fsp3) is 0.429. The molecule has 0 radical (unpaired) electrons. The van der Waals surface area contributed by atoms with Gasteiger partial charge in [0.05, 0.1) is 5.56 Å². The highest BCUT2D eigenvalue weighted by molar-refractivity contribution is 7.80. The molecule has 0 saturated carbocycles. The van der Waals surface area contributed by atoms with Gasteiger partial charge in [-0.3, -0.25) is 4.79 Å². The fourth-order valence-corrected chi connectivity index (χ4v) is 2.07. The molecule has 0 bridgehead atoms. The molecule has 0 aliphatic carbocycles. The first-order valence-electron chi connectivity index (χ1n) is 6.46. The Balaban J connectivity index is 2.96. The van der Waals surface area contributed by atoms with Crippen molar-refractivity contribution in [3.8, 4) is 5.75 Å². The minimum absolute atomic E-state index is 0.0293. The maximum absolute atomic E-state index is 13.7. The van der Waals surface area contributed by atoms with E-state index >= 15 is 0 Å². The number of ether oxygens (including phenoxy) is 1. The van der Waals surface area contributed by atoms with Crippen LogP contribution in [-0.2, 0) is 4.79 Å².